The van der Waals surface area contributed by atoms with Gasteiger partial charge in [0.05, 0.1) is 11.1 Å². The van der Waals surface area contributed by atoms with Crippen LogP contribution < -0.4 is 0 Å². The number of imide groups is 2. The highest BCUT2D eigenvalue weighted by molar-refractivity contribution is 6.21. The number of carbonyl (C=O) groups excluding carboxylic acids is 4. The van der Waals surface area contributed by atoms with Crippen LogP contribution in [-0.2, 0) is 14.3 Å². The molecule has 4 amide bonds. The standard InChI is InChI=1S/C14H12N2O5/c17-11-5-6-12(18)15(11)7-21-8-16-13(19)9-3-1-2-4-10(9)14(16)20/h1-4H,5-8H2. The Kier molecular flexibility index (Phi) is 3.26. The van der Waals surface area contributed by atoms with Gasteiger partial charge in [0.2, 0.25) is 11.8 Å². The molecule has 7 nitrogen and oxygen atoms in total. The zero-order valence-electron chi connectivity index (χ0n) is 11.1. The molecule has 0 bridgehead atoms. The number of likely N-dealkylation sites (tertiary alicyclic amines) is 1. The summed E-state index contributed by atoms with van der Waals surface area (Å²) in [5.41, 5.74) is 0.666. The van der Waals surface area contributed by atoms with E-state index >= 15 is 0 Å². The SMILES string of the molecule is O=C1CCC(=O)N1COCN1C(=O)c2ccccc2C1=O. The molecule has 1 fully saturated rings. The molecule has 0 radical (unpaired) electrons. The van der Waals surface area contributed by atoms with Gasteiger partial charge in [0.25, 0.3) is 11.8 Å². The Balaban J connectivity index is 1.62. The minimum Gasteiger partial charge on any atom is -0.340 e. The summed E-state index contributed by atoms with van der Waals surface area (Å²) in [6, 6.07) is 6.50. The molecule has 0 aromatic heterocycles. The van der Waals surface area contributed by atoms with Crippen LogP contribution in [0.5, 0.6) is 0 Å². The third-order valence-corrected chi connectivity index (χ3v) is 3.47. The van der Waals surface area contributed by atoms with Crippen molar-refractivity contribution in [3.63, 3.8) is 0 Å². The Morgan fingerprint density at radius 1 is 0.810 bits per heavy atom. The molecule has 7 heteroatoms. The lowest BCUT2D eigenvalue weighted by Gasteiger charge is -2.17. The second-order valence-corrected chi connectivity index (χ2v) is 4.76. The fourth-order valence-electron chi connectivity index (χ4n) is 2.35. The number of rotatable bonds is 4. The summed E-state index contributed by atoms with van der Waals surface area (Å²) in [6.45, 7) is -0.533. The number of hydrogen-bond acceptors (Lipinski definition) is 5. The predicted octanol–water partition coefficient (Wildman–Crippen LogP) is 0.363. The Bertz CT molecular complexity index is 604. The summed E-state index contributed by atoms with van der Waals surface area (Å²) in [5.74, 6) is -1.48. The van der Waals surface area contributed by atoms with E-state index in [1.54, 1.807) is 24.3 Å². The average molecular weight is 288 g/mol. The maximum absolute atomic E-state index is 12.0. The number of ether oxygens (including phenoxy) is 1. The van der Waals surface area contributed by atoms with E-state index in [9.17, 15) is 19.2 Å². The lowest BCUT2D eigenvalue weighted by atomic mass is 10.1. The first-order valence-corrected chi connectivity index (χ1v) is 6.46. The molecular weight excluding hydrogens is 276 g/mol. The molecule has 1 aromatic rings. The number of benzene rings is 1. The van der Waals surface area contributed by atoms with Crippen LogP contribution in [0, 0.1) is 0 Å². The lowest BCUT2D eigenvalue weighted by Crippen LogP contribution is -2.37. The van der Waals surface area contributed by atoms with Gasteiger partial charge >= 0.3 is 0 Å². The van der Waals surface area contributed by atoms with Gasteiger partial charge in [-0.25, -0.2) is 4.90 Å². The van der Waals surface area contributed by atoms with Crippen molar-refractivity contribution in [2.24, 2.45) is 0 Å². The lowest BCUT2D eigenvalue weighted by molar-refractivity contribution is -0.145. The first kappa shape index (κ1) is 13.4. The fourth-order valence-corrected chi connectivity index (χ4v) is 2.35. The van der Waals surface area contributed by atoms with Crippen LogP contribution in [0.15, 0.2) is 24.3 Å². The van der Waals surface area contributed by atoms with Gasteiger partial charge in [0.15, 0.2) is 0 Å². The normalized spacial score (nSPS) is 17.9. The Hall–Kier alpha value is -2.54. The van der Waals surface area contributed by atoms with Gasteiger partial charge in [0.1, 0.15) is 13.5 Å². The Labute approximate surface area is 120 Å². The van der Waals surface area contributed by atoms with Gasteiger partial charge < -0.3 is 4.74 Å². The smallest absolute Gasteiger partial charge is 0.263 e. The van der Waals surface area contributed by atoms with Crippen molar-refractivity contribution in [2.45, 2.75) is 12.8 Å². The van der Waals surface area contributed by atoms with Gasteiger partial charge in [-0.3, -0.25) is 24.1 Å². The van der Waals surface area contributed by atoms with Gasteiger partial charge in [-0.1, -0.05) is 12.1 Å². The maximum Gasteiger partial charge on any atom is 0.263 e. The third kappa shape index (κ3) is 2.21. The number of amides is 4. The van der Waals surface area contributed by atoms with Gasteiger partial charge in [0, 0.05) is 12.8 Å². The minimum absolute atomic E-state index is 0.176. The topological polar surface area (TPSA) is 84.0 Å². The van der Waals surface area contributed by atoms with Crippen LogP contribution >= 0.6 is 0 Å². The van der Waals surface area contributed by atoms with Crippen LogP contribution in [0.4, 0.5) is 0 Å². The zero-order valence-corrected chi connectivity index (χ0v) is 11.1. The molecule has 0 unspecified atom stereocenters. The summed E-state index contributed by atoms with van der Waals surface area (Å²) in [5, 5.41) is 0. The molecule has 1 saturated heterocycles. The Morgan fingerprint density at radius 2 is 1.29 bits per heavy atom. The molecule has 2 aliphatic rings. The summed E-state index contributed by atoms with van der Waals surface area (Å²) in [7, 11) is 0. The summed E-state index contributed by atoms with van der Waals surface area (Å²) >= 11 is 0. The molecule has 3 rings (SSSR count). The van der Waals surface area contributed by atoms with Crippen LogP contribution in [0.25, 0.3) is 0 Å². The van der Waals surface area contributed by atoms with E-state index in [-0.39, 0.29) is 38.1 Å². The molecule has 2 aliphatic heterocycles. The van der Waals surface area contributed by atoms with Crippen molar-refractivity contribution >= 4 is 23.6 Å². The predicted molar refractivity (Wildman–Crippen MR) is 68.8 cm³/mol. The molecule has 0 saturated carbocycles. The van der Waals surface area contributed by atoms with Gasteiger partial charge in [-0.05, 0) is 12.1 Å². The fraction of sp³-hybridized carbons (Fsp3) is 0.286. The first-order valence-electron chi connectivity index (χ1n) is 6.46. The summed E-state index contributed by atoms with van der Waals surface area (Å²) in [4.78, 5) is 48.8. The van der Waals surface area contributed by atoms with Crippen LogP contribution in [0.1, 0.15) is 33.6 Å². The average Bonchev–Trinajstić information content (AvgIpc) is 2.93. The van der Waals surface area contributed by atoms with Crippen molar-refractivity contribution in [2.75, 3.05) is 13.5 Å². The van der Waals surface area contributed by atoms with Crippen molar-refractivity contribution in [1.82, 2.24) is 9.80 Å². The van der Waals surface area contributed by atoms with Crippen molar-refractivity contribution in [3.05, 3.63) is 35.4 Å². The van der Waals surface area contributed by atoms with E-state index in [2.05, 4.69) is 0 Å². The number of carbonyl (C=O) groups is 4. The molecule has 0 N–H and O–H groups in total. The zero-order chi connectivity index (χ0) is 15.0. The first-order chi connectivity index (χ1) is 10.1. The van der Waals surface area contributed by atoms with Gasteiger partial charge in [-0.15, -0.1) is 0 Å². The molecular formula is C14H12N2O5. The monoisotopic (exact) mass is 288 g/mol. The number of nitrogens with zero attached hydrogens (tertiary/aromatic N) is 2. The van der Waals surface area contributed by atoms with Gasteiger partial charge in [-0.2, -0.15) is 0 Å². The second-order valence-electron chi connectivity index (χ2n) is 4.76. The molecule has 0 aliphatic carbocycles. The highest BCUT2D eigenvalue weighted by Gasteiger charge is 2.35. The molecule has 0 spiro atoms. The van der Waals surface area contributed by atoms with E-state index < -0.39 is 11.8 Å². The Morgan fingerprint density at radius 3 is 1.81 bits per heavy atom. The number of fused-ring (bicyclic) bond motifs is 1. The van der Waals surface area contributed by atoms with E-state index in [1.807, 2.05) is 0 Å². The van der Waals surface area contributed by atoms with E-state index in [4.69, 9.17) is 4.74 Å². The third-order valence-electron chi connectivity index (χ3n) is 3.47. The van der Waals surface area contributed by atoms with Crippen molar-refractivity contribution < 1.29 is 23.9 Å². The number of hydrogen-bond donors (Lipinski definition) is 0. The largest absolute Gasteiger partial charge is 0.340 e. The molecule has 108 valence electrons. The minimum atomic E-state index is -0.435. The summed E-state index contributed by atoms with van der Waals surface area (Å²) < 4.78 is 5.18. The molecule has 0 atom stereocenters. The molecule has 21 heavy (non-hydrogen) atoms. The van der Waals surface area contributed by atoms with E-state index in [1.165, 1.54) is 0 Å². The van der Waals surface area contributed by atoms with Crippen LogP contribution in [0.2, 0.25) is 0 Å². The van der Waals surface area contributed by atoms with E-state index in [0.29, 0.717) is 11.1 Å². The van der Waals surface area contributed by atoms with Crippen molar-refractivity contribution in [1.29, 1.82) is 0 Å². The highest BCUT2D eigenvalue weighted by Crippen LogP contribution is 2.22. The summed E-state index contributed by atoms with van der Waals surface area (Å²) in [6.07, 6.45) is 0.352. The molecule has 1 aromatic carbocycles. The highest BCUT2D eigenvalue weighted by atomic mass is 16.5. The molecule has 2 heterocycles. The van der Waals surface area contributed by atoms with E-state index in [0.717, 1.165) is 9.80 Å². The van der Waals surface area contributed by atoms with Crippen LogP contribution in [-0.4, -0.2) is 46.9 Å². The van der Waals surface area contributed by atoms with Crippen LogP contribution in [0.3, 0.4) is 0 Å². The quantitative estimate of drug-likeness (QED) is 0.747. The second kappa shape index (κ2) is 5.10. The maximum atomic E-state index is 12.0. The van der Waals surface area contributed by atoms with Crippen molar-refractivity contribution in [3.8, 4) is 0 Å².